The predicted molar refractivity (Wildman–Crippen MR) is 122 cm³/mol. The first-order valence-electron chi connectivity index (χ1n) is 10.3. The van der Waals surface area contributed by atoms with Crippen LogP contribution in [0, 0.1) is 12.8 Å². The number of aromatic nitrogens is 5. The number of amides is 1. The summed E-state index contributed by atoms with van der Waals surface area (Å²) in [6.07, 6.45) is 3.33. The third kappa shape index (κ3) is 4.55. The van der Waals surface area contributed by atoms with E-state index in [1.165, 1.54) is 11.3 Å². The van der Waals surface area contributed by atoms with Crippen LogP contribution in [0.3, 0.4) is 0 Å². The fourth-order valence-electron chi connectivity index (χ4n) is 3.40. The van der Waals surface area contributed by atoms with Crippen molar-refractivity contribution in [2.75, 3.05) is 14.2 Å². The molecule has 0 radical (unpaired) electrons. The zero-order chi connectivity index (χ0) is 23.5. The summed E-state index contributed by atoms with van der Waals surface area (Å²) < 4.78 is 16.1. The Morgan fingerprint density at radius 1 is 1.24 bits per heavy atom. The lowest BCUT2D eigenvalue weighted by atomic mass is 10.0. The Bertz CT molecular complexity index is 1270. The maximum absolute atomic E-state index is 13.3. The van der Waals surface area contributed by atoms with Crippen LogP contribution in [-0.2, 0) is 11.3 Å². The molecule has 4 aromatic rings. The first kappa shape index (κ1) is 22.7. The number of hydrogen-bond acceptors (Lipinski definition) is 10. The number of thiophene rings is 1. The molecule has 0 aromatic carbocycles. The van der Waals surface area contributed by atoms with Crippen molar-refractivity contribution < 1.29 is 18.8 Å². The lowest BCUT2D eigenvalue weighted by molar-refractivity contribution is 0.0917. The van der Waals surface area contributed by atoms with E-state index in [1.54, 1.807) is 32.7 Å². The summed E-state index contributed by atoms with van der Waals surface area (Å²) in [6, 6.07) is 3.17. The Hall–Kier alpha value is -3.44. The zero-order valence-corrected chi connectivity index (χ0v) is 19.8. The molecule has 0 aliphatic rings. The van der Waals surface area contributed by atoms with Gasteiger partial charge in [0.15, 0.2) is 5.82 Å². The van der Waals surface area contributed by atoms with Gasteiger partial charge in [-0.15, -0.1) is 11.3 Å². The summed E-state index contributed by atoms with van der Waals surface area (Å²) >= 11 is 1.28. The van der Waals surface area contributed by atoms with Crippen molar-refractivity contribution in [3.63, 3.8) is 0 Å². The van der Waals surface area contributed by atoms with E-state index >= 15 is 0 Å². The van der Waals surface area contributed by atoms with Crippen molar-refractivity contribution in [2.24, 2.45) is 5.92 Å². The standard InChI is InChI=1S/C22H24N6O4S/c1-11(2)16(21-27-18(28-32-21)13-7-6-8-23-9-13)26-19(29)17-12(3)15-20(31-5)24-14(10-30-4)25-22(15)33-17/h6-9,11,16H,10H2,1-5H3,(H,26,29). The highest BCUT2D eigenvalue weighted by molar-refractivity contribution is 7.20. The first-order chi connectivity index (χ1) is 15.9. The average molecular weight is 469 g/mol. The SMILES string of the molecule is COCc1nc(OC)c2c(C)c(C(=O)NC(c3nc(-c4cccnc4)no3)C(C)C)sc2n1. The molecule has 4 rings (SSSR count). The Kier molecular flexibility index (Phi) is 6.61. The van der Waals surface area contributed by atoms with Crippen LogP contribution in [0.4, 0.5) is 0 Å². The number of ether oxygens (including phenoxy) is 2. The molecule has 1 unspecified atom stereocenters. The van der Waals surface area contributed by atoms with Crippen LogP contribution in [0.25, 0.3) is 21.6 Å². The fourth-order valence-corrected chi connectivity index (χ4v) is 4.49. The minimum Gasteiger partial charge on any atom is -0.480 e. The van der Waals surface area contributed by atoms with Gasteiger partial charge in [-0.1, -0.05) is 19.0 Å². The van der Waals surface area contributed by atoms with Crippen molar-refractivity contribution in [2.45, 2.75) is 33.4 Å². The molecule has 4 aromatic heterocycles. The monoisotopic (exact) mass is 468 g/mol. The second-order valence-electron chi connectivity index (χ2n) is 7.71. The van der Waals surface area contributed by atoms with Gasteiger partial charge < -0.3 is 19.3 Å². The fraction of sp³-hybridized carbons (Fsp3) is 0.364. The van der Waals surface area contributed by atoms with Gasteiger partial charge in [0.2, 0.25) is 17.6 Å². The third-order valence-electron chi connectivity index (χ3n) is 5.06. The molecule has 0 spiro atoms. The topological polar surface area (TPSA) is 125 Å². The van der Waals surface area contributed by atoms with E-state index < -0.39 is 6.04 Å². The van der Waals surface area contributed by atoms with Gasteiger partial charge in [-0.3, -0.25) is 9.78 Å². The maximum atomic E-state index is 13.3. The predicted octanol–water partition coefficient (Wildman–Crippen LogP) is 3.73. The molecule has 1 atom stereocenters. The molecule has 1 N–H and O–H groups in total. The number of fused-ring (bicyclic) bond motifs is 1. The normalized spacial score (nSPS) is 12.3. The minimum absolute atomic E-state index is 0.00784. The molecule has 0 saturated carbocycles. The van der Waals surface area contributed by atoms with Gasteiger partial charge in [0.25, 0.3) is 5.91 Å². The summed E-state index contributed by atoms with van der Waals surface area (Å²) in [6.45, 7) is 6.05. The van der Waals surface area contributed by atoms with Gasteiger partial charge >= 0.3 is 0 Å². The minimum atomic E-state index is -0.475. The van der Waals surface area contributed by atoms with Gasteiger partial charge in [0, 0.05) is 25.1 Å². The van der Waals surface area contributed by atoms with E-state index in [9.17, 15) is 4.79 Å². The number of nitrogens with one attached hydrogen (secondary N) is 1. The lowest BCUT2D eigenvalue weighted by Crippen LogP contribution is -2.31. The average Bonchev–Trinajstić information content (AvgIpc) is 3.42. The summed E-state index contributed by atoms with van der Waals surface area (Å²) in [5, 5.41) is 7.80. The summed E-state index contributed by atoms with van der Waals surface area (Å²) in [4.78, 5) is 32.0. The molecule has 0 bridgehead atoms. The second-order valence-corrected chi connectivity index (χ2v) is 8.71. The van der Waals surface area contributed by atoms with Crippen LogP contribution in [0.15, 0.2) is 29.0 Å². The molecule has 0 saturated heterocycles. The van der Waals surface area contributed by atoms with E-state index in [-0.39, 0.29) is 18.4 Å². The zero-order valence-electron chi connectivity index (χ0n) is 18.9. The Labute approximate surface area is 194 Å². The quantitative estimate of drug-likeness (QED) is 0.412. The molecule has 1 amide bonds. The maximum Gasteiger partial charge on any atom is 0.262 e. The highest BCUT2D eigenvalue weighted by Gasteiger charge is 2.28. The molecule has 33 heavy (non-hydrogen) atoms. The van der Waals surface area contributed by atoms with Crippen molar-refractivity contribution >= 4 is 27.5 Å². The number of hydrogen-bond donors (Lipinski definition) is 1. The van der Waals surface area contributed by atoms with E-state index in [0.717, 1.165) is 11.1 Å². The highest BCUT2D eigenvalue weighted by atomic mass is 32.1. The van der Waals surface area contributed by atoms with Crippen LogP contribution >= 0.6 is 11.3 Å². The van der Waals surface area contributed by atoms with Crippen molar-refractivity contribution in [1.29, 1.82) is 0 Å². The molecule has 172 valence electrons. The molecule has 0 aliphatic carbocycles. The molecule has 10 nitrogen and oxygen atoms in total. The molecular formula is C22H24N6O4S. The number of methoxy groups -OCH3 is 2. The largest absolute Gasteiger partial charge is 0.480 e. The van der Waals surface area contributed by atoms with Crippen LogP contribution in [0.2, 0.25) is 0 Å². The van der Waals surface area contributed by atoms with Crippen molar-refractivity contribution in [3.05, 3.63) is 46.7 Å². The number of pyridine rings is 1. The molecule has 4 heterocycles. The van der Waals surface area contributed by atoms with E-state index in [1.807, 2.05) is 26.8 Å². The van der Waals surface area contributed by atoms with Crippen LogP contribution in [0.1, 0.15) is 46.8 Å². The number of rotatable bonds is 8. The Morgan fingerprint density at radius 3 is 2.73 bits per heavy atom. The van der Waals surface area contributed by atoms with Crippen molar-refractivity contribution in [3.8, 4) is 17.3 Å². The van der Waals surface area contributed by atoms with Gasteiger partial charge in [-0.25, -0.2) is 4.98 Å². The molecular weight excluding hydrogens is 444 g/mol. The summed E-state index contributed by atoms with van der Waals surface area (Å²) in [5.41, 5.74) is 1.48. The van der Waals surface area contributed by atoms with Gasteiger partial charge in [-0.2, -0.15) is 9.97 Å². The smallest absolute Gasteiger partial charge is 0.262 e. The molecule has 0 fully saturated rings. The number of carbonyl (C=O) groups excluding carboxylic acids is 1. The van der Waals surface area contributed by atoms with Gasteiger partial charge in [-0.05, 0) is 30.5 Å². The van der Waals surface area contributed by atoms with Crippen molar-refractivity contribution in [1.82, 2.24) is 30.4 Å². The van der Waals surface area contributed by atoms with E-state index in [2.05, 4.69) is 30.4 Å². The Balaban J connectivity index is 1.64. The van der Waals surface area contributed by atoms with E-state index in [4.69, 9.17) is 14.0 Å². The molecule has 0 aliphatic heterocycles. The molecule has 11 heteroatoms. The Morgan fingerprint density at radius 2 is 2.06 bits per heavy atom. The number of nitrogens with zero attached hydrogens (tertiary/aromatic N) is 5. The number of carbonyl (C=O) groups is 1. The first-order valence-corrected chi connectivity index (χ1v) is 11.1. The van der Waals surface area contributed by atoms with Crippen LogP contribution in [0.5, 0.6) is 5.88 Å². The van der Waals surface area contributed by atoms with E-state index in [0.29, 0.717) is 38.5 Å². The van der Waals surface area contributed by atoms with Crippen LogP contribution < -0.4 is 10.1 Å². The second kappa shape index (κ2) is 9.59. The van der Waals surface area contributed by atoms with Crippen LogP contribution in [-0.4, -0.2) is 45.2 Å². The van der Waals surface area contributed by atoms with Gasteiger partial charge in [0.05, 0.1) is 17.4 Å². The lowest BCUT2D eigenvalue weighted by Gasteiger charge is -2.18. The third-order valence-corrected chi connectivity index (χ3v) is 6.24. The van der Waals surface area contributed by atoms with Gasteiger partial charge in [0.1, 0.15) is 17.5 Å². The highest BCUT2D eigenvalue weighted by Crippen LogP contribution is 2.35. The summed E-state index contributed by atoms with van der Waals surface area (Å²) in [7, 11) is 3.11. The summed E-state index contributed by atoms with van der Waals surface area (Å²) in [5.74, 6) is 1.40. The number of aryl methyl sites for hydroxylation is 1.